The molecule has 0 saturated carbocycles. The molecule has 29 heavy (non-hydrogen) atoms. The van der Waals surface area contributed by atoms with Gasteiger partial charge in [-0.1, -0.05) is 42.5 Å². The summed E-state index contributed by atoms with van der Waals surface area (Å²) in [5, 5.41) is 5.24. The molecule has 0 spiro atoms. The number of hydrogen-bond donors (Lipinski definition) is 1. The van der Waals surface area contributed by atoms with Crippen molar-refractivity contribution >= 4 is 32.5 Å². The lowest BCUT2D eigenvalue weighted by Crippen LogP contribution is -2.40. The van der Waals surface area contributed by atoms with Crippen molar-refractivity contribution in [3.05, 3.63) is 66.4 Å². The quantitative estimate of drug-likeness (QED) is 0.708. The molecule has 1 saturated heterocycles. The number of carbonyl (C=O) groups excluding carboxylic acids is 1. The van der Waals surface area contributed by atoms with Crippen LogP contribution in [0.2, 0.25) is 0 Å². The molecule has 150 valence electrons. The molecular formula is C22H23N3O3S. The maximum Gasteiger partial charge on any atom is 0.323 e. The average Bonchev–Trinajstić information content (AvgIpc) is 2.73. The van der Waals surface area contributed by atoms with Crippen LogP contribution in [0.1, 0.15) is 24.3 Å². The van der Waals surface area contributed by atoms with Crippen molar-refractivity contribution in [3.63, 3.8) is 0 Å². The van der Waals surface area contributed by atoms with Gasteiger partial charge in [-0.25, -0.2) is 18.2 Å². The van der Waals surface area contributed by atoms with E-state index in [-0.39, 0.29) is 16.7 Å². The summed E-state index contributed by atoms with van der Waals surface area (Å²) in [5.74, 6) is 0.658. The zero-order chi connectivity index (χ0) is 20.4. The number of hydrogen-bond acceptors (Lipinski definition) is 4. The lowest BCUT2D eigenvalue weighted by atomic mass is 9.86. The summed E-state index contributed by atoms with van der Waals surface area (Å²) in [5.41, 5.74) is 1.34. The summed E-state index contributed by atoms with van der Waals surface area (Å²) in [4.78, 5) is 18.6. The number of nitrogens with one attached hydrogen (secondary N) is 1. The van der Waals surface area contributed by atoms with Gasteiger partial charge in [0.1, 0.15) is 5.82 Å². The van der Waals surface area contributed by atoms with Crippen molar-refractivity contribution in [2.75, 3.05) is 24.7 Å². The van der Waals surface area contributed by atoms with Gasteiger partial charge in [0, 0.05) is 25.5 Å². The molecule has 3 aromatic rings. The van der Waals surface area contributed by atoms with Gasteiger partial charge >= 0.3 is 6.03 Å². The van der Waals surface area contributed by atoms with Crippen molar-refractivity contribution in [2.45, 2.75) is 23.7 Å². The number of carbonyl (C=O) groups is 1. The second-order valence-corrected chi connectivity index (χ2v) is 9.42. The van der Waals surface area contributed by atoms with Gasteiger partial charge in [-0.05, 0) is 47.2 Å². The Labute approximate surface area is 170 Å². The van der Waals surface area contributed by atoms with E-state index in [2.05, 4.69) is 46.7 Å². The van der Waals surface area contributed by atoms with Crippen LogP contribution in [-0.4, -0.2) is 43.7 Å². The molecule has 1 aliphatic heterocycles. The number of nitrogens with zero attached hydrogens (tertiary/aromatic N) is 2. The third kappa shape index (κ3) is 4.24. The number of piperidine rings is 1. The number of fused-ring (bicyclic) bond motifs is 1. The van der Waals surface area contributed by atoms with Crippen LogP contribution in [0.4, 0.5) is 10.6 Å². The summed E-state index contributed by atoms with van der Waals surface area (Å²) in [7, 11) is -3.35. The van der Waals surface area contributed by atoms with Gasteiger partial charge in [-0.15, -0.1) is 0 Å². The molecule has 1 aliphatic rings. The predicted octanol–water partition coefficient (Wildman–Crippen LogP) is 4.05. The first-order valence-electron chi connectivity index (χ1n) is 9.61. The van der Waals surface area contributed by atoms with E-state index in [1.807, 2.05) is 6.07 Å². The van der Waals surface area contributed by atoms with Crippen molar-refractivity contribution in [1.82, 2.24) is 9.88 Å². The van der Waals surface area contributed by atoms with Crippen molar-refractivity contribution in [2.24, 2.45) is 0 Å². The van der Waals surface area contributed by atoms with Gasteiger partial charge in [0.05, 0.1) is 4.90 Å². The van der Waals surface area contributed by atoms with Crippen LogP contribution in [0, 0.1) is 0 Å². The maximum atomic E-state index is 12.6. The SMILES string of the molecule is CS(=O)(=O)c1ccnc(NC(=O)N2CCC(c3cccc4ccccc34)CC2)c1. The highest BCUT2D eigenvalue weighted by Crippen LogP contribution is 2.33. The fourth-order valence-electron chi connectivity index (χ4n) is 3.90. The van der Waals surface area contributed by atoms with Crippen LogP contribution in [-0.2, 0) is 9.84 Å². The number of anilines is 1. The van der Waals surface area contributed by atoms with Crippen LogP contribution in [0.3, 0.4) is 0 Å². The van der Waals surface area contributed by atoms with E-state index in [0.29, 0.717) is 19.0 Å². The van der Waals surface area contributed by atoms with Gasteiger partial charge in [-0.3, -0.25) is 5.32 Å². The monoisotopic (exact) mass is 409 g/mol. The summed E-state index contributed by atoms with van der Waals surface area (Å²) in [6, 6.07) is 17.3. The summed E-state index contributed by atoms with van der Waals surface area (Å²) in [6.45, 7) is 1.29. The molecule has 6 nitrogen and oxygen atoms in total. The topological polar surface area (TPSA) is 79.4 Å². The normalized spacial score (nSPS) is 15.4. The number of sulfone groups is 1. The standard InChI is InChI=1S/C22H23N3O3S/c1-29(27,28)18-9-12-23-21(15-18)24-22(26)25-13-10-17(11-14-25)20-8-4-6-16-5-2-3-7-19(16)20/h2-9,12,15,17H,10-11,13-14H2,1H3,(H,23,24,26). The zero-order valence-electron chi connectivity index (χ0n) is 16.2. The van der Waals surface area contributed by atoms with Gasteiger partial charge in [-0.2, -0.15) is 0 Å². The summed E-state index contributed by atoms with van der Waals surface area (Å²) >= 11 is 0. The molecule has 0 unspecified atom stereocenters. The summed E-state index contributed by atoms with van der Waals surface area (Å²) in [6.07, 6.45) is 4.29. The highest BCUT2D eigenvalue weighted by atomic mass is 32.2. The predicted molar refractivity (Wildman–Crippen MR) is 114 cm³/mol. The van der Waals surface area contributed by atoms with Crippen LogP contribution in [0.25, 0.3) is 10.8 Å². The fraction of sp³-hybridized carbons (Fsp3) is 0.273. The molecule has 2 aromatic carbocycles. The molecule has 7 heteroatoms. The molecule has 2 heterocycles. The number of pyridine rings is 1. The van der Waals surface area contributed by atoms with Crippen molar-refractivity contribution < 1.29 is 13.2 Å². The number of rotatable bonds is 3. The maximum absolute atomic E-state index is 12.6. The Morgan fingerprint density at radius 3 is 2.55 bits per heavy atom. The molecule has 0 bridgehead atoms. The third-order valence-corrected chi connectivity index (χ3v) is 6.55. The number of urea groups is 1. The van der Waals surface area contributed by atoms with Crippen molar-refractivity contribution in [1.29, 1.82) is 0 Å². The third-order valence-electron chi connectivity index (χ3n) is 5.44. The minimum atomic E-state index is -3.35. The molecular weight excluding hydrogens is 386 g/mol. The fourth-order valence-corrected chi connectivity index (χ4v) is 4.53. The largest absolute Gasteiger partial charge is 0.324 e. The molecule has 2 amide bonds. The van der Waals surface area contributed by atoms with Gasteiger partial charge in [0.15, 0.2) is 9.84 Å². The first-order valence-corrected chi connectivity index (χ1v) is 11.5. The lowest BCUT2D eigenvalue weighted by Gasteiger charge is -2.32. The van der Waals surface area contributed by atoms with Crippen molar-refractivity contribution in [3.8, 4) is 0 Å². The molecule has 1 N–H and O–H groups in total. The van der Waals surface area contributed by atoms with Gasteiger partial charge in [0.25, 0.3) is 0 Å². The van der Waals surface area contributed by atoms with Gasteiger partial charge in [0.2, 0.25) is 0 Å². The highest BCUT2D eigenvalue weighted by molar-refractivity contribution is 7.90. The number of amides is 2. The molecule has 4 rings (SSSR count). The average molecular weight is 410 g/mol. The first-order chi connectivity index (χ1) is 13.9. The van der Waals surface area contributed by atoms with E-state index in [4.69, 9.17) is 0 Å². The minimum absolute atomic E-state index is 0.137. The second-order valence-electron chi connectivity index (χ2n) is 7.41. The van der Waals surface area contributed by atoms with E-state index < -0.39 is 9.84 Å². The van der Waals surface area contributed by atoms with Crippen LogP contribution >= 0.6 is 0 Å². The smallest absolute Gasteiger partial charge is 0.323 e. The number of likely N-dealkylation sites (tertiary alicyclic amines) is 1. The lowest BCUT2D eigenvalue weighted by molar-refractivity contribution is 0.194. The molecule has 0 aliphatic carbocycles. The first kappa shape index (κ1) is 19.4. The Balaban J connectivity index is 1.43. The Kier molecular flexibility index (Phi) is 5.24. The molecule has 1 fully saturated rings. The minimum Gasteiger partial charge on any atom is -0.324 e. The van der Waals surface area contributed by atoms with Crippen LogP contribution < -0.4 is 5.32 Å². The molecule has 1 aromatic heterocycles. The van der Waals surface area contributed by atoms with E-state index in [0.717, 1.165) is 19.1 Å². The number of benzene rings is 2. The molecule has 0 atom stereocenters. The highest BCUT2D eigenvalue weighted by Gasteiger charge is 2.25. The number of aromatic nitrogens is 1. The second kappa shape index (κ2) is 7.83. The Morgan fingerprint density at radius 2 is 1.79 bits per heavy atom. The van der Waals surface area contributed by atoms with E-state index in [1.54, 1.807) is 4.90 Å². The summed E-state index contributed by atoms with van der Waals surface area (Å²) < 4.78 is 23.4. The zero-order valence-corrected chi connectivity index (χ0v) is 17.0. The Bertz CT molecular complexity index is 1150. The van der Waals surface area contributed by atoms with Crippen LogP contribution in [0.5, 0.6) is 0 Å². The Morgan fingerprint density at radius 1 is 1.07 bits per heavy atom. The van der Waals surface area contributed by atoms with E-state index >= 15 is 0 Å². The van der Waals surface area contributed by atoms with Gasteiger partial charge < -0.3 is 4.90 Å². The Hall–Kier alpha value is -2.93. The van der Waals surface area contributed by atoms with Crippen LogP contribution in [0.15, 0.2) is 65.7 Å². The van der Waals surface area contributed by atoms with E-state index in [1.165, 1.54) is 34.7 Å². The molecule has 0 radical (unpaired) electrons. The van der Waals surface area contributed by atoms with E-state index in [9.17, 15) is 13.2 Å².